The second-order valence-electron chi connectivity index (χ2n) is 8.93. The van der Waals surface area contributed by atoms with Crippen molar-refractivity contribution in [2.45, 2.75) is 124 Å². The first-order chi connectivity index (χ1) is 12.3. The molecule has 0 aromatic carbocycles. The van der Waals surface area contributed by atoms with Gasteiger partial charge in [0.1, 0.15) is 6.10 Å². The topological polar surface area (TPSA) is 26.3 Å². The van der Waals surface area contributed by atoms with Gasteiger partial charge in [-0.25, -0.2) is 4.79 Å². The maximum Gasteiger partial charge on any atom is 0.333 e. The number of rotatable bonds is 17. The van der Waals surface area contributed by atoms with Crippen LogP contribution in [-0.2, 0) is 9.53 Å². The minimum absolute atomic E-state index is 0.0833. The molecule has 0 spiro atoms. The van der Waals surface area contributed by atoms with Crippen molar-refractivity contribution in [1.29, 1.82) is 0 Å². The highest BCUT2D eigenvalue weighted by molar-refractivity contribution is 5.87. The summed E-state index contributed by atoms with van der Waals surface area (Å²) in [5.74, 6) is 1.41. The van der Waals surface area contributed by atoms with E-state index in [1.54, 1.807) is 6.92 Å². The summed E-state index contributed by atoms with van der Waals surface area (Å²) in [4.78, 5) is 11.9. The number of carbonyl (C=O) groups is 1. The Morgan fingerprint density at radius 1 is 0.692 bits per heavy atom. The number of hydrogen-bond acceptors (Lipinski definition) is 2. The van der Waals surface area contributed by atoms with Gasteiger partial charge in [-0.2, -0.15) is 0 Å². The highest BCUT2D eigenvalue weighted by atomic mass is 16.5. The van der Waals surface area contributed by atoms with Gasteiger partial charge in [0.15, 0.2) is 0 Å². The van der Waals surface area contributed by atoms with E-state index in [4.69, 9.17) is 4.74 Å². The van der Waals surface area contributed by atoms with Crippen LogP contribution < -0.4 is 0 Å². The fourth-order valence-corrected chi connectivity index (χ4v) is 3.25. The van der Waals surface area contributed by atoms with Crippen molar-refractivity contribution < 1.29 is 9.53 Å². The summed E-state index contributed by atoms with van der Waals surface area (Å²) in [5, 5.41) is 0. The zero-order chi connectivity index (χ0) is 19.8. The van der Waals surface area contributed by atoms with Crippen LogP contribution in [0, 0.1) is 11.8 Å². The van der Waals surface area contributed by atoms with E-state index >= 15 is 0 Å². The third-order valence-corrected chi connectivity index (χ3v) is 4.99. The molecule has 0 aliphatic rings. The largest absolute Gasteiger partial charge is 0.459 e. The third-order valence-electron chi connectivity index (χ3n) is 4.99. The molecule has 0 radical (unpaired) electrons. The fraction of sp³-hybridized carbons (Fsp3) is 0.875. The molecule has 0 saturated carbocycles. The van der Waals surface area contributed by atoms with Gasteiger partial charge in [-0.3, -0.25) is 0 Å². The number of unbranched alkanes of at least 4 members (excludes halogenated alkanes) is 7. The molecule has 154 valence electrons. The van der Waals surface area contributed by atoms with Crippen molar-refractivity contribution in [1.82, 2.24) is 0 Å². The van der Waals surface area contributed by atoms with Gasteiger partial charge < -0.3 is 4.74 Å². The van der Waals surface area contributed by atoms with Crippen LogP contribution in [0.25, 0.3) is 0 Å². The van der Waals surface area contributed by atoms with Crippen LogP contribution in [0.5, 0.6) is 0 Å². The summed E-state index contributed by atoms with van der Waals surface area (Å²) >= 11 is 0. The average Bonchev–Trinajstić information content (AvgIpc) is 2.55. The quantitative estimate of drug-likeness (QED) is 0.149. The predicted molar refractivity (Wildman–Crippen MR) is 114 cm³/mol. The van der Waals surface area contributed by atoms with Crippen molar-refractivity contribution in [2.75, 3.05) is 0 Å². The van der Waals surface area contributed by atoms with Crippen LogP contribution in [0.1, 0.15) is 118 Å². The number of ether oxygens (including phenoxy) is 1. The molecule has 2 nitrogen and oxygen atoms in total. The van der Waals surface area contributed by atoms with Crippen molar-refractivity contribution in [3.8, 4) is 0 Å². The lowest BCUT2D eigenvalue weighted by atomic mass is 10.00. The number of carbonyl (C=O) groups excluding carboxylic acids is 1. The van der Waals surface area contributed by atoms with Crippen LogP contribution in [0.15, 0.2) is 12.2 Å². The molecule has 0 aliphatic carbocycles. The molecule has 0 saturated heterocycles. The third kappa shape index (κ3) is 16.7. The Bertz CT molecular complexity index is 357. The van der Waals surface area contributed by atoms with Crippen LogP contribution in [0.4, 0.5) is 0 Å². The van der Waals surface area contributed by atoms with E-state index in [2.05, 4.69) is 34.3 Å². The van der Waals surface area contributed by atoms with Crippen molar-refractivity contribution in [3.63, 3.8) is 0 Å². The maximum atomic E-state index is 11.9. The molecule has 0 bridgehead atoms. The van der Waals surface area contributed by atoms with Gasteiger partial charge in [-0.1, -0.05) is 92.1 Å². The van der Waals surface area contributed by atoms with Crippen LogP contribution in [0.3, 0.4) is 0 Å². The smallest absolute Gasteiger partial charge is 0.333 e. The van der Waals surface area contributed by atoms with E-state index < -0.39 is 0 Å². The Morgan fingerprint density at radius 3 is 1.38 bits per heavy atom. The highest BCUT2D eigenvalue weighted by Gasteiger charge is 2.14. The molecule has 0 rings (SSSR count). The molecule has 2 heteroatoms. The van der Waals surface area contributed by atoms with Crippen molar-refractivity contribution in [3.05, 3.63) is 12.2 Å². The first-order valence-corrected chi connectivity index (χ1v) is 11.2. The Morgan fingerprint density at radius 2 is 1.04 bits per heavy atom. The normalized spacial score (nSPS) is 12.6. The summed E-state index contributed by atoms with van der Waals surface area (Å²) in [7, 11) is 0. The second kappa shape index (κ2) is 16.4. The Kier molecular flexibility index (Phi) is 15.9. The van der Waals surface area contributed by atoms with E-state index in [-0.39, 0.29) is 12.1 Å². The molecule has 1 atom stereocenters. The van der Waals surface area contributed by atoms with Gasteiger partial charge in [0.05, 0.1) is 0 Å². The summed E-state index contributed by atoms with van der Waals surface area (Å²) in [5.41, 5.74) is 0.514. The van der Waals surface area contributed by atoms with Gasteiger partial charge in [-0.05, 0) is 44.4 Å². The Balaban J connectivity index is 3.95. The molecule has 0 fully saturated rings. The van der Waals surface area contributed by atoms with Crippen LogP contribution in [-0.4, -0.2) is 12.1 Å². The first-order valence-electron chi connectivity index (χ1n) is 11.2. The van der Waals surface area contributed by atoms with Gasteiger partial charge >= 0.3 is 5.97 Å². The highest BCUT2D eigenvalue weighted by Crippen LogP contribution is 2.18. The molecular formula is C24H46O2. The molecule has 0 amide bonds. The van der Waals surface area contributed by atoms with Crippen LogP contribution >= 0.6 is 0 Å². The Hall–Kier alpha value is -0.790. The zero-order valence-electron chi connectivity index (χ0n) is 18.4. The molecule has 0 heterocycles. The standard InChI is InChI=1S/C24H46O2/c1-20(2)16-12-8-7-9-14-18-23(26-24(25)22(5)6)19-15-11-10-13-17-21(3)4/h20-21,23H,5,7-19H2,1-4,6H3. The van der Waals surface area contributed by atoms with Crippen LogP contribution in [0.2, 0.25) is 0 Å². The molecule has 26 heavy (non-hydrogen) atoms. The first kappa shape index (κ1) is 25.2. The van der Waals surface area contributed by atoms with E-state index in [0.29, 0.717) is 5.57 Å². The van der Waals surface area contributed by atoms with E-state index in [9.17, 15) is 4.79 Å². The summed E-state index contributed by atoms with van der Waals surface area (Å²) in [6, 6.07) is 0. The Labute approximate surface area is 164 Å². The maximum absolute atomic E-state index is 11.9. The fourth-order valence-electron chi connectivity index (χ4n) is 3.25. The molecule has 0 aliphatic heterocycles. The van der Waals surface area contributed by atoms with Crippen molar-refractivity contribution in [2.24, 2.45) is 11.8 Å². The lowest BCUT2D eigenvalue weighted by Crippen LogP contribution is -2.18. The summed E-state index contributed by atoms with van der Waals surface area (Å²) < 4.78 is 5.68. The van der Waals surface area contributed by atoms with Gasteiger partial charge in [-0.15, -0.1) is 0 Å². The monoisotopic (exact) mass is 366 g/mol. The minimum Gasteiger partial charge on any atom is -0.459 e. The summed E-state index contributed by atoms with van der Waals surface area (Å²) in [6.07, 6.45) is 16.2. The minimum atomic E-state index is -0.216. The van der Waals surface area contributed by atoms with E-state index in [1.165, 1.54) is 70.6 Å². The lowest BCUT2D eigenvalue weighted by molar-refractivity contribution is -0.145. The zero-order valence-corrected chi connectivity index (χ0v) is 18.4. The van der Waals surface area contributed by atoms with Crippen molar-refractivity contribution >= 4 is 5.97 Å². The average molecular weight is 367 g/mol. The predicted octanol–water partition coefficient (Wildman–Crippen LogP) is 7.86. The lowest BCUT2D eigenvalue weighted by Gasteiger charge is -2.18. The molecule has 0 aromatic rings. The number of hydrogen-bond donors (Lipinski definition) is 0. The van der Waals surface area contributed by atoms with Gasteiger partial charge in [0.25, 0.3) is 0 Å². The molecule has 0 aromatic heterocycles. The number of esters is 1. The summed E-state index contributed by atoms with van der Waals surface area (Å²) in [6.45, 7) is 14.6. The molecule has 1 unspecified atom stereocenters. The van der Waals surface area contributed by atoms with E-state index in [1.807, 2.05) is 0 Å². The van der Waals surface area contributed by atoms with Gasteiger partial charge in [0.2, 0.25) is 0 Å². The SMILES string of the molecule is C=C(C)C(=O)OC(CCCCCCCC(C)C)CCCCCCC(C)C. The molecular weight excluding hydrogens is 320 g/mol. The van der Waals surface area contributed by atoms with Gasteiger partial charge in [0, 0.05) is 5.57 Å². The van der Waals surface area contributed by atoms with E-state index in [0.717, 1.165) is 24.7 Å². The molecule has 0 N–H and O–H groups in total. The second-order valence-corrected chi connectivity index (χ2v) is 8.93.